The molecule has 0 unspecified atom stereocenters. The first-order chi connectivity index (χ1) is 10.1. The maximum atomic E-state index is 11.0. The normalized spacial score (nSPS) is 10.5. The lowest BCUT2D eigenvalue weighted by Gasteiger charge is -2.05. The zero-order valence-electron chi connectivity index (χ0n) is 10.5. The molecule has 3 rings (SSSR count). The number of aromatic nitrogens is 3. The molecule has 1 heterocycles. The Morgan fingerprint density at radius 3 is 2.81 bits per heavy atom. The monoisotopic (exact) mass is 298 g/mol. The molecular formula is C14H7ClN4O2. The predicted molar refractivity (Wildman–Crippen MR) is 75.5 cm³/mol. The summed E-state index contributed by atoms with van der Waals surface area (Å²) in [6, 6.07) is 11.4. The fraction of sp³-hybridized carbons (Fsp3) is 0. The number of halogens is 1. The van der Waals surface area contributed by atoms with Gasteiger partial charge >= 0.3 is 5.97 Å². The summed E-state index contributed by atoms with van der Waals surface area (Å²) in [6.45, 7) is 0. The van der Waals surface area contributed by atoms with Gasteiger partial charge in [0.1, 0.15) is 11.6 Å². The molecule has 0 saturated carbocycles. The molecular weight excluding hydrogens is 292 g/mol. The molecule has 0 amide bonds. The Bertz CT molecular complexity index is 911. The molecule has 7 heteroatoms. The van der Waals surface area contributed by atoms with Crippen LogP contribution >= 0.6 is 11.6 Å². The highest BCUT2D eigenvalue weighted by molar-refractivity contribution is 6.30. The fourth-order valence-electron chi connectivity index (χ4n) is 2.01. The number of nitriles is 1. The molecule has 0 aliphatic heterocycles. The molecule has 3 aromatic rings. The molecule has 21 heavy (non-hydrogen) atoms. The molecule has 0 aliphatic carbocycles. The van der Waals surface area contributed by atoms with Crippen molar-refractivity contribution >= 4 is 28.6 Å². The van der Waals surface area contributed by atoms with Crippen LogP contribution in [0.3, 0.4) is 0 Å². The van der Waals surface area contributed by atoms with Gasteiger partial charge in [0, 0.05) is 5.02 Å². The van der Waals surface area contributed by atoms with Crippen molar-refractivity contribution in [2.75, 3.05) is 0 Å². The van der Waals surface area contributed by atoms with Crippen LogP contribution < -0.4 is 0 Å². The molecule has 0 radical (unpaired) electrons. The Labute approximate surface area is 123 Å². The number of carbonyl (C=O) groups is 1. The summed E-state index contributed by atoms with van der Waals surface area (Å²) in [5.74, 6) is -1.04. The summed E-state index contributed by atoms with van der Waals surface area (Å²) in [6.07, 6.45) is 0. The summed E-state index contributed by atoms with van der Waals surface area (Å²) >= 11 is 5.96. The van der Waals surface area contributed by atoms with Gasteiger partial charge < -0.3 is 5.11 Å². The molecule has 0 saturated heterocycles. The van der Waals surface area contributed by atoms with E-state index in [2.05, 4.69) is 16.4 Å². The van der Waals surface area contributed by atoms with Crippen LogP contribution in [-0.2, 0) is 0 Å². The van der Waals surface area contributed by atoms with E-state index < -0.39 is 5.97 Å². The second-order valence-corrected chi connectivity index (χ2v) is 4.72. The van der Waals surface area contributed by atoms with Crippen molar-refractivity contribution in [3.63, 3.8) is 0 Å². The van der Waals surface area contributed by atoms with E-state index in [1.807, 2.05) is 0 Å². The fourth-order valence-corrected chi connectivity index (χ4v) is 2.18. The van der Waals surface area contributed by atoms with E-state index >= 15 is 0 Å². The number of aromatic carboxylic acids is 1. The van der Waals surface area contributed by atoms with Gasteiger partial charge in [-0.1, -0.05) is 16.8 Å². The largest absolute Gasteiger partial charge is 0.478 e. The van der Waals surface area contributed by atoms with E-state index in [4.69, 9.17) is 22.0 Å². The number of nitrogens with zero attached hydrogens (tertiary/aromatic N) is 4. The molecule has 0 bridgehead atoms. The third-order valence-electron chi connectivity index (χ3n) is 3.00. The molecule has 1 N–H and O–H groups in total. The summed E-state index contributed by atoms with van der Waals surface area (Å²) in [7, 11) is 0. The first-order valence-corrected chi connectivity index (χ1v) is 6.27. The van der Waals surface area contributed by atoms with Crippen LogP contribution in [0.15, 0.2) is 36.4 Å². The Hall–Kier alpha value is -2.91. The third-order valence-corrected chi connectivity index (χ3v) is 3.24. The highest BCUT2D eigenvalue weighted by Crippen LogP contribution is 2.23. The van der Waals surface area contributed by atoms with Crippen molar-refractivity contribution in [2.24, 2.45) is 0 Å². The number of carboxylic acids is 1. The first kappa shape index (κ1) is 13.1. The smallest absolute Gasteiger partial charge is 0.335 e. The Morgan fingerprint density at radius 2 is 2.10 bits per heavy atom. The number of hydrogen-bond donors (Lipinski definition) is 1. The minimum atomic E-state index is -1.04. The molecule has 6 nitrogen and oxygen atoms in total. The molecule has 0 spiro atoms. The number of benzene rings is 2. The van der Waals surface area contributed by atoms with Crippen LogP contribution in [0, 0.1) is 11.3 Å². The summed E-state index contributed by atoms with van der Waals surface area (Å²) in [5.41, 5.74) is 2.04. The van der Waals surface area contributed by atoms with Crippen molar-refractivity contribution in [1.29, 1.82) is 5.26 Å². The van der Waals surface area contributed by atoms with Crippen LogP contribution in [0.1, 0.15) is 15.9 Å². The van der Waals surface area contributed by atoms with E-state index in [9.17, 15) is 4.79 Å². The van der Waals surface area contributed by atoms with E-state index in [1.165, 1.54) is 16.8 Å². The second kappa shape index (κ2) is 4.89. The van der Waals surface area contributed by atoms with Gasteiger partial charge in [-0.3, -0.25) is 0 Å². The predicted octanol–water partition coefficient (Wildman–Crippen LogP) is 2.64. The van der Waals surface area contributed by atoms with Crippen LogP contribution in [0.5, 0.6) is 0 Å². The highest BCUT2D eigenvalue weighted by Gasteiger charge is 2.13. The van der Waals surface area contributed by atoms with Gasteiger partial charge in [0.25, 0.3) is 0 Å². The number of rotatable bonds is 2. The van der Waals surface area contributed by atoms with E-state index in [0.717, 1.165) is 0 Å². The minimum Gasteiger partial charge on any atom is -0.478 e. The first-order valence-electron chi connectivity index (χ1n) is 5.89. The van der Waals surface area contributed by atoms with E-state index in [-0.39, 0.29) is 5.56 Å². The minimum absolute atomic E-state index is 0.126. The van der Waals surface area contributed by atoms with Crippen molar-refractivity contribution in [3.05, 3.63) is 52.5 Å². The standard InChI is InChI=1S/C14H7ClN4O2/c15-10-3-1-9(7-16)13(6-10)19-12-4-2-8(14(20)21)5-11(12)17-18-19/h1-6H,(H,20,21). The molecule has 0 aliphatic rings. The summed E-state index contributed by atoms with van der Waals surface area (Å²) < 4.78 is 1.46. The van der Waals surface area contributed by atoms with Crippen LogP contribution in [0.25, 0.3) is 16.7 Å². The van der Waals surface area contributed by atoms with Gasteiger partial charge in [0.2, 0.25) is 0 Å². The zero-order valence-corrected chi connectivity index (χ0v) is 11.2. The van der Waals surface area contributed by atoms with Gasteiger partial charge in [-0.2, -0.15) is 5.26 Å². The summed E-state index contributed by atoms with van der Waals surface area (Å²) in [5, 5.41) is 26.5. The van der Waals surface area contributed by atoms with Gasteiger partial charge in [0.05, 0.1) is 22.3 Å². The molecule has 0 fully saturated rings. The maximum Gasteiger partial charge on any atom is 0.335 e. The van der Waals surface area contributed by atoms with Crippen LogP contribution in [-0.4, -0.2) is 26.1 Å². The number of carboxylic acid groups (broad SMARTS) is 1. The Kier molecular flexibility index (Phi) is 3.05. The van der Waals surface area contributed by atoms with Crippen LogP contribution in [0.2, 0.25) is 5.02 Å². The zero-order chi connectivity index (χ0) is 15.0. The van der Waals surface area contributed by atoms with Gasteiger partial charge in [-0.25, -0.2) is 9.48 Å². The molecule has 102 valence electrons. The van der Waals surface area contributed by atoms with Gasteiger partial charge in [0.15, 0.2) is 0 Å². The maximum absolute atomic E-state index is 11.0. The number of hydrogen-bond acceptors (Lipinski definition) is 4. The van der Waals surface area contributed by atoms with Gasteiger partial charge in [-0.15, -0.1) is 5.10 Å². The lowest BCUT2D eigenvalue weighted by molar-refractivity contribution is 0.0697. The third kappa shape index (κ3) is 2.20. The van der Waals surface area contributed by atoms with Crippen molar-refractivity contribution < 1.29 is 9.90 Å². The average Bonchev–Trinajstić information content (AvgIpc) is 2.89. The number of fused-ring (bicyclic) bond motifs is 1. The topological polar surface area (TPSA) is 91.8 Å². The highest BCUT2D eigenvalue weighted by atomic mass is 35.5. The molecule has 0 atom stereocenters. The summed E-state index contributed by atoms with van der Waals surface area (Å²) in [4.78, 5) is 11.0. The van der Waals surface area contributed by atoms with E-state index in [1.54, 1.807) is 24.3 Å². The Morgan fingerprint density at radius 1 is 1.29 bits per heavy atom. The molecule has 2 aromatic carbocycles. The quantitative estimate of drug-likeness (QED) is 0.785. The van der Waals surface area contributed by atoms with Gasteiger partial charge in [-0.05, 0) is 36.4 Å². The lowest BCUT2D eigenvalue weighted by Crippen LogP contribution is -2.00. The lowest BCUT2D eigenvalue weighted by atomic mass is 10.1. The van der Waals surface area contributed by atoms with Crippen molar-refractivity contribution in [1.82, 2.24) is 15.0 Å². The SMILES string of the molecule is N#Cc1ccc(Cl)cc1-n1nnc2cc(C(=O)O)ccc21. The van der Waals surface area contributed by atoms with Crippen molar-refractivity contribution in [3.8, 4) is 11.8 Å². The van der Waals surface area contributed by atoms with Crippen LogP contribution in [0.4, 0.5) is 0 Å². The second-order valence-electron chi connectivity index (χ2n) is 4.28. The molecule has 1 aromatic heterocycles. The average molecular weight is 299 g/mol. The van der Waals surface area contributed by atoms with Crippen molar-refractivity contribution in [2.45, 2.75) is 0 Å². The Balaban J connectivity index is 2.25. The van der Waals surface area contributed by atoms with E-state index in [0.29, 0.717) is 27.3 Å².